The molecule has 1 fully saturated rings. The molecule has 0 spiro atoms. The molecule has 9 nitrogen and oxygen atoms in total. The molecule has 1 saturated heterocycles. The number of nitrogen functional groups attached to an aromatic ring is 1. The Morgan fingerprint density at radius 3 is 2.62 bits per heavy atom. The van der Waals surface area contributed by atoms with Gasteiger partial charge in [0.2, 0.25) is 5.88 Å². The molecule has 0 bridgehead atoms. The minimum atomic E-state index is -0.501. The fourth-order valence-electron chi connectivity index (χ4n) is 4.87. The lowest BCUT2D eigenvalue weighted by Gasteiger charge is -2.37. The number of nitrogens with zero attached hydrogens (tertiary/aromatic N) is 5. The van der Waals surface area contributed by atoms with Gasteiger partial charge in [0, 0.05) is 29.8 Å². The number of aromatic nitrogens is 3. The zero-order valence-electron chi connectivity index (χ0n) is 23.1. The van der Waals surface area contributed by atoms with E-state index < -0.39 is 5.54 Å². The molecular weight excluding hydrogens is 492 g/mol. The van der Waals surface area contributed by atoms with Crippen molar-refractivity contribution in [2.75, 3.05) is 36.9 Å². The number of nitrogens with two attached hydrogens (primary N) is 1. The van der Waals surface area contributed by atoms with Crippen LogP contribution in [0.25, 0.3) is 5.65 Å². The van der Waals surface area contributed by atoms with E-state index in [0.29, 0.717) is 41.0 Å². The molecule has 2 aromatic carbocycles. The predicted octanol–water partition coefficient (Wildman–Crippen LogP) is 5.33. The normalized spacial score (nSPS) is 14.1. The van der Waals surface area contributed by atoms with E-state index in [1.165, 1.54) is 12.8 Å². The van der Waals surface area contributed by atoms with E-state index in [2.05, 4.69) is 15.0 Å². The van der Waals surface area contributed by atoms with Gasteiger partial charge in [-0.3, -0.25) is 9.69 Å². The molecule has 5 rings (SSSR count). The maximum atomic E-state index is 14.0. The number of carbonyl (C=O) groups excluding carboxylic acids is 1. The Labute approximate surface area is 229 Å². The summed E-state index contributed by atoms with van der Waals surface area (Å²) in [7, 11) is 0. The summed E-state index contributed by atoms with van der Waals surface area (Å²) in [6.07, 6.45) is 4.14. The van der Waals surface area contributed by atoms with Crippen molar-refractivity contribution >= 4 is 23.1 Å². The van der Waals surface area contributed by atoms with Gasteiger partial charge < -0.3 is 20.1 Å². The third-order valence-corrected chi connectivity index (χ3v) is 6.79. The number of likely N-dealkylation sites (tertiary alicyclic amines) is 1. The monoisotopic (exact) mass is 528 g/mol. The van der Waals surface area contributed by atoms with Crippen LogP contribution in [-0.2, 0) is 0 Å². The number of imidazole rings is 1. The Morgan fingerprint density at radius 2 is 1.85 bits per heavy atom. The summed E-state index contributed by atoms with van der Waals surface area (Å²) in [6, 6.07) is 16.7. The number of carbonyl (C=O) groups is 1. The van der Waals surface area contributed by atoms with Gasteiger partial charge in [0.15, 0.2) is 5.65 Å². The van der Waals surface area contributed by atoms with Crippen molar-refractivity contribution < 1.29 is 14.3 Å². The zero-order valence-corrected chi connectivity index (χ0v) is 23.1. The van der Waals surface area contributed by atoms with Gasteiger partial charge in [0.05, 0.1) is 11.9 Å². The average Bonchev–Trinajstić information content (AvgIpc) is 3.54. The van der Waals surface area contributed by atoms with Gasteiger partial charge in [0.1, 0.15) is 23.9 Å². The minimum Gasteiger partial charge on any atom is -0.492 e. The van der Waals surface area contributed by atoms with E-state index in [9.17, 15) is 4.79 Å². The number of ether oxygens (including phenoxy) is 2. The van der Waals surface area contributed by atoms with E-state index in [4.69, 9.17) is 15.2 Å². The van der Waals surface area contributed by atoms with Crippen LogP contribution in [0.5, 0.6) is 17.4 Å². The molecular formula is C30H36N6O3. The van der Waals surface area contributed by atoms with Crippen molar-refractivity contribution in [1.82, 2.24) is 19.5 Å². The topological polar surface area (TPSA) is 98.2 Å². The maximum absolute atomic E-state index is 14.0. The second kappa shape index (κ2) is 10.9. The quantitative estimate of drug-likeness (QED) is 0.330. The van der Waals surface area contributed by atoms with Gasteiger partial charge in [-0.2, -0.15) is 0 Å². The molecule has 204 valence electrons. The number of anilines is 2. The Hall–Kier alpha value is -4.11. The van der Waals surface area contributed by atoms with Gasteiger partial charge in [0.25, 0.3) is 5.91 Å². The number of hydrogen-bond acceptors (Lipinski definition) is 7. The summed E-state index contributed by atoms with van der Waals surface area (Å²) in [6.45, 7) is 11.8. The lowest BCUT2D eigenvalue weighted by atomic mass is 10.0. The van der Waals surface area contributed by atoms with Crippen LogP contribution in [0.1, 0.15) is 49.5 Å². The zero-order chi connectivity index (χ0) is 27.6. The molecule has 0 saturated carbocycles. The highest BCUT2D eigenvalue weighted by molar-refractivity contribution is 6.07. The van der Waals surface area contributed by atoms with Gasteiger partial charge in [-0.15, -0.1) is 5.10 Å². The summed E-state index contributed by atoms with van der Waals surface area (Å²) in [5, 5.41) is 4.43. The lowest BCUT2D eigenvalue weighted by Crippen LogP contribution is -2.46. The van der Waals surface area contributed by atoms with Crippen molar-refractivity contribution in [2.24, 2.45) is 0 Å². The molecule has 4 aromatic rings. The van der Waals surface area contributed by atoms with Gasteiger partial charge >= 0.3 is 0 Å². The molecule has 3 heterocycles. The van der Waals surface area contributed by atoms with Crippen LogP contribution < -0.4 is 20.1 Å². The van der Waals surface area contributed by atoms with Crippen molar-refractivity contribution in [2.45, 2.75) is 46.1 Å². The third-order valence-electron chi connectivity index (χ3n) is 6.79. The molecule has 0 aliphatic carbocycles. The molecule has 0 radical (unpaired) electrons. The fourth-order valence-corrected chi connectivity index (χ4v) is 4.87. The number of rotatable bonds is 8. The molecule has 1 aliphatic heterocycles. The van der Waals surface area contributed by atoms with Crippen LogP contribution in [0.4, 0.5) is 11.5 Å². The highest BCUT2D eigenvalue weighted by Crippen LogP contribution is 2.34. The molecule has 1 aliphatic rings. The first-order valence-electron chi connectivity index (χ1n) is 13.4. The van der Waals surface area contributed by atoms with Gasteiger partial charge in [-0.05, 0) is 89.5 Å². The first kappa shape index (κ1) is 26.5. The Morgan fingerprint density at radius 1 is 1.05 bits per heavy atom. The van der Waals surface area contributed by atoms with Crippen LogP contribution in [0.3, 0.4) is 0 Å². The van der Waals surface area contributed by atoms with Crippen molar-refractivity contribution in [1.29, 1.82) is 0 Å². The predicted molar refractivity (Wildman–Crippen MR) is 153 cm³/mol. The average molecular weight is 529 g/mol. The van der Waals surface area contributed by atoms with Gasteiger partial charge in [-0.1, -0.05) is 12.1 Å². The fraction of sp³-hybridized carbons (Fsp3) is 0.367. The van der Waals surface area contributed by atoms with Crippen LogP contribution in [0.15, 0.2) is 60.8 Å². The van der Waals surface area contributed by atoms with E-state index in [0.717, 1.165) is 30.9 Å². The Bertz CT molecular complexity index is 1470. The summed E-state index contributed by atoms with van der Waals surface area (Å²) in [5.74, 6) is 1.93. The summed E-state index contributed by atoms with van der Waals surface area (Å²) in [5.41, 5.74) is 8.20. The summed E-state index contributed by atoms with van der Waals surface area (Å²) in [4.78, 5) is 22.4. The molecule has 2 N–H and O–H groups in total. The smallest absolute Gasteiger partial charge is 0.258 e. The van der Waals surface area contributed by atoms with E-state index >= 15 is 0 Å². The highest BCUT2D eigenvalue weighted by Gasteiger charge is 2.31. The minimum absolute atomic E-state index is 0.110. The van der Waals surface area contributed by atoms with Crippen LogP contribution in [-0.4, -0.2) is 57.2 Å². The Balaban J connectivity index is 1.38. The highest BCUT2D eigenvalue weighted by atomic mass is 16.5. The molecule has 39 heavy (non-hydrogen) atoms. The largest absolute Gasteiger partial charge is 0.492 e. The summed E-state index contributed by atoms with van der Waals surface area (Å²) >= 11 is 0. The van der Waals surface area contributed by atoms with Crippen molar-refractivity contribution in [3.8, 4) is 17.4 Å². The van der Waals surface area contributed by atoms with Crippen LogP contribution in [0.2, 0.25) is 0 Å². The van der Waals surface area contributed by atoms with Crippen molar-refractivity contribution in [3.63, 3.8) is 0 Å². The van der Waals surface area contributed by atoms with Gasteiger partial charge in [-0.25, -0.2) is 9.50 Å². The lowest BCUT2D eigenvalue weighted by molar-refractivity contribution is 0.0965. The molecule has 1 amide bonds. The number of fused-ring (bicyclic) bond motifs is 1. The second-order valence-electron chi connectivity index (χ2n) is 10.9. The molecule has 9 heteroatoms. The number of benzene rings is 2. The number of aryl methyl sites for hydroxylation is 1. The van der Waals surface area contributed by atoms with E-state index in [-0.39, 0.29) is 5.91 Å². The number of amides is 1. The SMILES string of the molecule is Cc1ccc(Oc2ccc3nc(N)cn3n2)cc1N(C(=O)c1cccc(OCCN2CCCC2)c1)C(C)(C)C. The van der Waals surface area contributed by atoms with E-state index in [1.807, 2.05) is 75.1 Å². The van der Waals surface area contributed by atoms with E-state index in [1.54, 1.807) is 22.8 Å². The third kappa shape index (κ3) is 6.15. The van der Waals surface area contributed by atoms with Crippen molar-refractivity contribution in [3.05, 3.63) is 71.9 Å². The number of hydrogen-bond donors (Lipinski definition) is 1. The first-order chi connectivity index (χ1) is 18.7. The molecule has 2 aromatic heterocycles. The second-order valence-corrected chi connectivity index (χ2v) is 10.9. The standard InChI is InChI=1S/C30H36N6O3/c1-21-10-11-24(39-28-13-12-27-32-26(31)20-35(27)33-28)19-25(21)36(30(2,3)4)29(37)22-8-7-9-23(18-22)38-17-16-34-14-5-6-15-34/h7-13,18-20H,5-6,14-17,31H2,1-4H3. The summed E-state index contributed by atoms with van der Waals surface area (Å²) < 4.78 is 13.7. The Kier molecular flexibility index (Phi) is 7.43. The van der Waals surface area contributed by atoms with Crippen LogP contribution >= 0.6 is 0 Å². The van der Waals surface area contributed by atoms with Crippen LogP contribution in [0, 0.1) is 6.92 Å². The molecule has 0 unspecified atom stereocenters. The maximum Gasteiger partial charge on any atom is 0.258 e. The first-order valence-corrected chi connectivity index (χ1v) is 13.4. The molecule has 0 atom stereocenters.